The standard InChI is InChI=1S/C14H14FN3O2S/c1-18-6-5-8(14(18)20)17-13(19)12-11(16)10-7(15)3-2-4-9(10)21-12/h2-4,8H,5-6,16H2,1H3,(H,17,19). The van der Waals surface area contributed by atoms with Gasteiger partial charge in [-0.05, 0) is 18.6 Å². The third kappa shape index (κ3) is 2.23. The van der Waals surface area contributed by atoms with Crippen LogP contribution in [0.2, 0.25) is 0 Å². The first-order valence-corrected chi connectivity index (χ1v) is 7.33. The molecule has 3 N–H and O–H groups in total. The maximum atomic E-state index is 13.8. The minimum absolute atomic E-state index is 0.116. The van der Waals surface area contributed by atoms with E-state index in [9.17, 15) is 14.0 Å². The Morgan fingerprint density at radius 3 is 2.90 bits per heavy atom. The lowest BCUT2D eigenvalue weighted by Crippen LogP contribution is -2.40. The number of anilines is 1. The van der Waals surface area contributed by atoms with Crippen LogP contribution in [0.1, 0.15) is 16.1 Å². The van der Waals surface area contributed by atoms with Crippen LogP contribution in [-0.2, 0) is 4.79 Å². The van der Waals surface area contributed by atoms with Crippen LogP contribution in [0.4, 0.5) is 10.1 Å². The maximum absolute atomic E-state index is 13.8. The molecule has 0 aliphatic carbocycles. The molecule has 0 saturated carbocycles. The van der Waals surface area contributed by atoms with Gasteiger partial charge in [-0.1, -0.05) is 6.07 Å². The molecule has 1 atom stereocenters. The van der Waals surface area contributed by atoms with Crippen molar-refractivity contribution in [2.45, 2.75) is 12.5 Å². The fourth-order valence-electron chi connectivity index (χ4n) is 2.48. The molecule has 1 aromatic heterocycles. The molecule has 1 saturated heterocycles. The van der Waals surface area contributed by atoms with E-state index in [1.54, 1.807) is 24.1 Å². The zero-order valence-electron chi connectivity index (χ0n) is 11.4. The fraction of sp³-hybridized carbons (Fsp3) is 0.286. The summed E-state index contributed by atoms with van der Waals surface area (Å²) in [6, 6.07) is 4.06. The number of nitrogens with one attached hydrogen (secondary N) is 1. The zero-order valence-corrected chi connectivity index (χ0v) is 12.2. The summed E-state index contributed by atoms with van der Waals surface area (Å²) in [6.45, 7) is 0.611. The normalized spacial score (nSPS) is 18.5. The van der Waals surface area contributed by atoms with E-state index in [1.807, 2.05) is 0 Å². The monoisotopic (exact) mass is 307 g/mol. The Balaban J connectivity index is 1.90. The first kappa shape index (κ1) is 13.8. The van der Waals surface area contributed by atoms with Crippen molar-refractivity contribution in [2.75, 3.05) is 19.3 Å². The Kier molecular flexibility index (Phi) is 3.29. The molecule has 2 heterocycles. The van der Waals surface area contributed by atoms with Gasteiger partial charge in [0.1, 0.15) is 16.7 Å². The summed E-state index contributed by atoms with van der Waals surface area (Å²) in [5.74, 6) is -0.993. The number of hydrogen-bond donors (Lipinski definition) is 2. The van der Waals surface area contributed by atoms with E-state index in [4.69, 9.17) is 5.73 Å². The van der Waals surface area contributed by atoms with Gasteiger partial charge in [-0.25, -0.2) is 4.39 Å². The number of benzene rings is 1. The van der Waals surface area contributed by atoms with Gasteiger partial charge in [-0.3, -0.25) is 9.59 Å². The topological polar surface area (TPSA) is 75.4 Å². The van der Waals surface area contributed by atoms with Gasteiger partial charge < -0.3 is 16.0 Å². The molecule has 1 fully saturated rings. The fourth-order valence-corrected chi connectivity index (χ4v) is 3.52. The highest BCUT2D eigenvalue weighted by Gasteiger charge is 2.31. The molecule has 2 aromatic rings. The van der Waals surface area contributed by atoms with Crippen molar-refractivity contribution in [1.82, 2.24) is 10.2 Å². The molecular formula is C14H14FN3O2S. The Morgan fingerprint density at radius 1 is 1.52 bits per heavy atom. The van der Waals surface area contributed by atoms with Crippen molar-refractivity contribution < 1.29 is 14.0 Å². The number of fused-ring (bicyclic) bond motifs is 1. The van der Waals surface area contributed by atoms with Crippen molar-refractivity contribution >= 4 is 38.9 Å². The number of likely N-dealkylation sites (N-methyl/N-ethyl adjacent to an activating group) is 1. The van der Waals surface area contributed by atoms with Gasteiger partial charge >= 0.3 is 0 Å². The number of amides is 2. The predicted molar refractivity (Wildman–Crippen MR) is 79.7 cm³/mol. The van der Waals surface area contributed by atoms with Crippen molar-refractivity contribution in [3.63, 3.8) is 0 Å². The number of nitrogens with two attached hydrogens (primary N) is 1. The smallest absolute Gasteiger partial charge is 0.264 e. The first-order valence-electron chi connectivity index (χ1n) is 6.51. The van der Waals surface area contributed by atoms with Gasteiger partial charge in [0.2, 0.25) is 5.91 Å². The third-order valence-corrected chi connectivity index (χ3v) is 4.81. The Bertz CT molecular complexity index is 743. The van der Waals surface area contributed by atoms with Gasteiger partial charge in [0.15, 0.2) is 0 Å². The number of carbonyl (C=O) groups is 2. The molecule has 0 spiro atoms. The molecule has 0 bridgehead atoms. The highest BCUT2D eigenvalue weighted by Crippen LogP contribution is 2.35. The largest absolute Gasteiger partial charge is 0.397 e. The van der Waals surface area contributed by atoms with Crippen LogP contribution in [-0.4, -0.2) is 36.3 Å². The Labute approximate surface area is 124 Å². The molecule has 3 rings (SSSR count). The van der Waals surface area contributed by atoms with Crippen LogP contribution in [0.3, 0.4) is 0 Å². The lowest BCUT2D eigenvalue weighted by atomic mass is 10.2. The van der Waals surface area contributed by atoms with Crippen LogP contribution < -0.4 is 11.1 Å². The summed E-state index contributed by atoms with van der Waals surface area (Å²) in [7, 11) is 1.69. The van der Waals surface area contributed by atoms with Gasteiger partial charge in [-0.15, -0.1) is 11.3 Å². The number of rotatable bonds is 2. The minimum Gasteiger partial charge on any atom is -0.397 e. The van der Waals surface area contributed by atoms with Crippen LogP contribution in [0, 0.1) is 5.82 Å². The van der Waals surface area contributed by atoms with E-state index in [0.29, 0.717) is 17.7 Å². The Morgan fingerprint density at radius 2 is 2.29 bits per heavy atom. The number of nitrogen functional groups attached to an aromatic ring is 1. The third-order valence-electron chi connectivity index (χ3n) is 3.64. The van der Waals surface area contributed by atoms with Crippen LogP contribution in [0.25, 0.3) is 10.1 Å². The molecule has 1 unspecified atom stereocenters. The average Bonchev–Trinajstić information content (AvgIpc) is 2.95. The molecular weight excluding hydrogens is 293 g/mol. The number of nitrogens with zero attached hydrogens (tertiary/aromatic N) is 1. The van der Waals surface area contributed by atoms with Crippen molar-refractivity contribution in [3.8, 4) is 0 Å². The minimum atomic E-state index is -0.531. The van der Waals surface area contributed by atoms with E-state index in [1.165, 1.54) is 6.07 Å². The van der Waals surface area contributed by atoms with Crippen LogP contribution in [0.15, 0.2) is 18.2 Å². The van der Waals surface area contributed by atoms with E-state index >= 15 is 0 Å². The van der Waals surface area contributed by atoms with Gasteiger partial charge in [-0.2, -0.15) is 0 Å². The molecule has 110 valence electrons. The lowest BCUT2D eigenvalue weighted by molar-refractivity contribution is -0.128. The molecule has 1 aliphatic heterocycles. The zero-order chi connectivity index (χ0) is 15.1. The molecule has 2 amide bonds. The first-order chi connectivity index (χ1) is 9.99. The number of hydrogen-bond acceptors (Lipinski definition) is 4. The number of likely N-dealkylation sites (tertiary alicyclic amines) is 1. The molecule has 0 radical (unpaired) electrons. The lowest BCUT2D eigenvalue weighted by Gasteiger charge is -2.11. The number of carbonyl (C=O) groups excluding carboxylic acids is 2. The Hall–Kier alpha value is -2.15. The molecule has 1 aliphatic rings. The predicted octanol–water partition coefficient (Wildman–Crippen LogP) is 1.58. The van der Waals surface area contributed by atoms with Crippen molar-refractivity contribution in [2.24, 2.45) is 0 Å². The average molecular weight is 307 g/mol. The summed E-state index contributed by atoms with van der Waals surface area (Å²) < 4.78 is 14.4. The van der Waals surface area contributed by atoms with E-state index in [-0.39, 0.29) is 21.9 Å². The van der Waals surface area contributed by atoms with Gasteiger partial charge in [0, 0.05) is 18.3 Å². The summed E-state index contributed by atoms with van der Waals surface area (Å²) in [5.41, 5.74) is 6.02. The summed E-state index contributed by atoms with van der Waals surface area (Å²) in [5, 5.41) is 2.94. The van der Waals surface area contributed by atoms with Crippen molar-refractivity contribution in [3.05, 3.63) is 28.9 Å². The molecule has 1 aromatic carbocycles. The van der Waals surface area contributed by atoms with Crippen LogP contribution >= 0.6 is 11.3 Å². The number of halogens is 1. The van der Waals surface area contributed by atoms with Crippen molar-refractivity contribution in [1.29, 1.82) is 0 Å². The van der Waals surface area contributed by atoms with Gasteiger partial charge in [0.05, 0.1) is 11.1 Å². The van der Waals surface area contributed by atoms with Crippen LogP contribution in [0.5, 0.6) is 0 Å². The second kappa shape index (κ2) is 5.00. The second-order valence-electron chi connectivity index (χ2n) is 5.03. The molecule has 7 heteroatoms. The van der Waals surface area contributed by atoms with E-state index in [2.05, 4.69) is 5.32 Å². The summed E-state index contributed by atoms with van der Waals surface area (Å²) in [6.07, 6.45) is 0.570. The van der Waals surface area contributed by atoms with Gasteiger partial charge in [0.25, 0.3) is 5.91 Å². The highest BCUT2D eigenvalue weighted by atomic mass is 32.1. The highest BCUT2D eigenvalue weighted by molar-refractivity contribution is 7.21. The SMILES string of the molecule is CN1CCC(NC(=O)c2sc3cccc(F)c3c2N)C1=O. The quantitative estimate of drug-likeness (QED) is 0.884. The van der Waals surface area contributed by atoms with E-state index in [0.717, 1.165) is 11.3 Å². The van der Waals surface area contributed by atoms with E-state index < -0.39 is 17.8 Å². The number of thiophene rings is 1. The molecule has 5 nitrogen and oxygen atoms in total. The maximum Gasteiger partial charge on any atom is 0.264 e. The second-order valence-corrected chi connectivity index (χ2v) is 6.08. The summed E-state index contributed by atoms with van der Waals surface area (Å²) >= 11 is 1.13. The summed E-state index contributed by atoms with van der Waals surface area (Å²) in [4.78, 5) is 25.9. The molecule has 21 heavy (non-hydrogen) atoms.